The predicted molar refractivity (Wildman–Crippen MR) is 51.3 cm³/mol. The van der Waals surface area contributed by atoms with Crippen LogP contribution in [-0.2, 0) is 14.3 Å². The van der Waals surface area contributed by atoms with Crippen molar-refractivity contribution < 1.29 is 14.3 Å². The van der Waals surface area contributed by atoms with E-state index in [9.17, 15) is 9.59 Å². The van der Waals surface area contributed by atoms with Crippen molar-refractivity contribution in [3.05, 3.63) is 11.3 Å². The number of rotatable bonds is 2. The van der Waals surface area contributed by atoms with E-state index in [4.69, 9.17) is 4.74 Å². The van der Waals surface area contributed by atoms with Crippen molar-refractivity contribution in [1.29, 1.82) is 0 Å². The number of esters is 1. The molecule has 78 valence electrons. The Labute approximate surface area is 83.5 Å². The van der Waals surface area contributed by atoms with Gasteiger partial charge in [-0.2, -0.15) is 0 Å². The minimum absolute atomic E-state index is 0.0261. The zero-order valence-corrected chi connectivity index (χ0v) is 8.79. The number of hydrogen-bond donors (Lipinski definition) is 0. The lowest BCUT2D eigenvalue weighted by Gasteiger charge is -2.14. The first-order chi connectivity index (χ1) is 6.57. The van der Waals surface area contributed by atoms with Crippen molar-refractivity contribution in [1.82, 2.24) is 4.90 Å². The molecular weight excluding hydrogens is 182 g/mol. The van der Waals surface area contributed by atoms with E-state index >= 15 is 0 Å². The summed E-state index contributed by atoms with van der Waals surface area (Å²) in [6.45, 7) is 6.01. The van der Waals surface area contributed by atoms with E-state index in [-0.39, 0.29) is 11.9 Å². The molecule has 4 nitrogen and oxygen atoms in total. The van der Waals surface area contributed by atoms with Crippen LogP contribution in [0.15, 0.2) is 11.3 Å². The standard InChI is InChI=1S/C10H15NO3/c1-4-14-10(13)9-5-6-11(7(9)2)8(3)12/h4-6H2,1-3H3. The first kappa shape index (κ1) is 10.8. The SMILES string of the molecule is CCOC(=O)C1=C(C)N(C(C)=O)CC1. The summed E-state index contributed by atoms with van der Waals surface area (Å²) in [5.41, 5.74) is 1.36. The topological polar surface area (TPSA) is 46.6 Å². The van der Waals surface area contributed by atoms with Gasteiger partial charge in [-0.1, -0.05) is 0 Å². The number of ether oxygens (including phenoxy) is 1. The number of amides is 1. The number of carbonyl (C=O) groups excluding carboxylic acids is 2. The van der Waals surface area contributed by atoms with Gasteiger partial charge in [0, 0.05) is 19.2 Å². The Morgan fingerprint density at radius 3 is 2.57 bits per heavy atom. The van der Waals surface area contributed by atoms with Crippen molar-refractivity contribution in [3.8, 4) is 0 Å². The van der Waals surface area contributed by atoms with E-state index in [1.165, 1.54) is 6.92 Å². The summed E-state index contributed by atoms with van der Waals surface area (Å²) >= 11 is 0. The largest absolute Gasteiger partial charge is 0.463 e. The number of nitrogens with zero attached hydrogens (tertiary/aromatic N) is 1. The molecule has 0 saturated carbocycles. The van der Waals surface area contributed by atoms with E-state index in [2.05, 4.69) is 0 Å². The monoisotopic (exact) mass is 197 g/mol. The van der Waals surface area contributed by atoms with E-state index < -0.39 is 0 Å². The molecule has 0 saturated heterocycles. The lowest BCUT2D eigenvalue weighted by Crippen LogP contribution is -2.23. The Morgan fingerprint density at radius 1 is 1.50 bits per heavy atom. The summed E-state index contributed by atoms with van der Waals surface area (Å²) < 4.78 is 4.89. The van der Waals surface area contributed by atoms with Gasteiger partial charge < -0.3 is 9.64 Å². The van der Waals surface area contributed by atoms with E-state index in [0.29, 0.717) is 25.1 Å². The van der Waals surface area contributed by atoms with Crippen LogP contribution in [0.4, 0.5) is 0 Å². The minimum Gasteiger partial charge on any atom is -0.463 e. The summed E-state index contributed by atoms with van der Waals surface area (Å²) in [6.07, 6.45) is 0.601. The molecule has 1 amide bonds. The van der Waals surface area contributed by atoms with Gasteiger partial charge in [0.15, 0.2) is 0 Å². The molecule has 0 radical (unpaired) electrons. The molecule has 0 bridgehead atoms. The Bertz CT molecular complexity index is 294. The van der Waals surface area contributed by atoms with Gasteiger partial charge in [0.05, 0.1) is 12.2 Å². The Balaban J connectivity index is 2.80. The van der Waals surface area contributed by atoms with Crippen LogP contribution in [0.1, 0.15) is 27.2 Å². The molecule has 0 atom stereocenters. The molecule has 0 unspecified atom stereocenters. The third kappa shape index (κ3) is 1.95. The second-order valence-electron chi connectivity index (χ2n) is 3.21. The predicted octanol–water partition coefficient (Wildman–Crippen LogP) is 1.08. The van der Waals surface area contributed by atoms with Gasteiger partial charge in [-0.3, -0.25) is 4.79 Å². The lowest BCUT2D eigenvalue weighted by atomic mass is 10.2. The summed E-state index contributed by atoms with van der Waals surface area (Å²) in [5, 5.41) is 0. The van der Waals surface area contributed by atoms with Crippen LogP contribution in [0, 0.1) is 0 Å². The van der Waals surface area contributed by atoms with Gasteiger partial charge in [0.25, 0.3) is 0 Å². The van der Waals surface area contributed by atoms with E-state index in [1.807, 2.05) is 0 Å². The normalized spacial score (nSPS) is 16.1. The maximum absolute atomic E-state index is 11.4. The van der Waals surface area contributed by atoms with Gasteiger partial charge in [-0.05, 0) is 20.3 Å². The number of carbonyl (C=O) groups is 2. The molecule has 1 aliphatic heterocycles. The number of allylic oxidation sites excluding steroid dienone is 1. The van der Waals surface area contributed by atoms with Crippen LogP contribution in [0.3, 0.4) is 0 Å². The molecule has 1 rings (SSSR count). The molecule has 4 heteroatoms. The highest BCUT2D eigenvalue weighted by Gasteiger charge is 2.26. The van der Waals surface area contributed by atoms with Crippen molar-refractivity contribution in [3.63, 3.8) is 0 Å². The Kier molecular flexibility index (Phi) is 3.28. The fourth-order valence-corrected chi connectivity index (χ4v) is 1.60. The van der Waals surface area contributed by atoms with Crippen LogP contribution in [0.2, 0.25) is 0 Å². The second kappa shape index (κ2) is 4.26. The van der Waals surface area contributed by atoms with E-state index in [1.54, 1.807) is 18.7 Å². The highest BCUT2D eigenvalue weighted by Crippen LogP contribution is 2.23. The van der Waals surface area contributed by atoms with Crippen LogP contribution >= 0.6 is 0 Å². The average Bonchev–Trinajstić information content (AvgIpc) is 2.47. The first-order valence-corrected chi connectivity index (χ1v) is 4.73. The molecule has 0 aromatic rings. The lowest BCUT2D eigenvalue weighted by molar-refractivity contribution is -0.138. The molecule has 1 aliphatic rings. The van der Waals surface area contributed by atoms with Crippen LogP contribution in [0.5, 0.6) is 0 Å². The first-order valence-electron chi connectivity index (χ1n) is 4.73. The fourth-order valence-electron chi connectivity index (χ4n) is 1.60. The fraction of sp³-hybridized carbons (Fsp3) is 0.600. The minimum atomic E-state index is -0.297. The van der Waals surface area contributed by atoms with Gasteiger partial charge in [0.1, 0.15) is 0 Å². The summed E-state index contributed by atoms with van der Waals surface area (Å²) in [7, 11) is 0. The number of hydrogen-bond acceptors (Lipinski definition) is 3. The summed E-state index contributed by atoms with van der Waals surface area (Å²) in [4.78, 5) is 24.1. The average molecular weight is 197 g/mol. The molecule has 1 heterocycles. The van der Waals surface area contributed by atoms with Crippen LogP contribution in [-0.4, -0.2) is 29.9 Å². The third-order valence-corrected chi connectivity index (χ3v) is 2.33. The Morgan fingerprint density at radius 2 is 2.14 bits per heavy atom. The smallest absolute Gasteiger partial charge is 0.335 e. The third-order valence-electron chi connectivity index (χ3n) is 2.33. The second-order valence-corrected chi connectivity index (χ2v) is 3.21. The van der Waals surface area contributed by atoms with Gasteiger partial charge in [-0.15, -0.1) is 0 Å². The molecule has 0 aliphatic carbocycles. The van der Waals surface area contributed by atoms with Crippen LogP contribution in [0.25, 0.3) is 0 Å². The molecule has 0 aromatic carbocycles. The Hall–Kier alpha value is -1.32. The highest BCUT2D eigenvalue weighted by atomic mass is 16.5. The molecule has 14 heavy (non-hydrogen) atoms. The molecule has 0 aromatic heterocycles. The molecular formula is C10H15NO3. The van der Waals surface area contributed by atoms with E-state index in [0.717, 1.165) is 5.70 Å². The van der Waals surface area contributed by atoms with Gasteiger partial charge >= 0.3 is 5.97 Å². The van der Waals surface area contributed by atoms with Crippen molar-refractivity contribution in [2.75, 3.05) is 13.2 Å². The highest BCUT2D eigenvalue weighted by molar-refractivity contribution is 5.91. The molecule has 0 N–H and O–H groups in total. The zero-order valence-electron chi connectivity index (χ0n) is 8.79. The van der Waals surface area contributed by atoms with Crippen molar-refractivity contribution >= 4 is 11.9 Å². The maximum Gasteiger partial charge on any atom is 0.335 e. The quantitative estimate of drug-likeness (QED) is 0.622. The zero-order chi connectivity index (χ0) is 10.7. The maximum atomic E-state index is 11.4. The molecule has 0 fully saturated rings. The van der Waals surface area contributed by atoms with Crippen molar-refractivity contribution in [2.24, 2.45) is 0 Å². The summed E-state index contributed by atoms with van der Waals surface area (Å²) in [5.74, 6) is -0.324. The van der Waals surface area contributed by atoms with Crippen LogP contribution < -0.4 is 0 Å². The van der Waals surface area contributed by atoms with Crippen molar-refractivity contribution in [2.45, 2.75) is 27.2 Å². The van der Waals surface area contributed by atoms with Gasteiger partial charge in [-0.25, -0.2) is 4.79 Å². The van der Waals surface area contributed by atoms with Gasteiger partial charge in [0.2, 0.25) is 5.91 Å². The molecule has 0 spiro atoms. The summed E-state index contributed by atoms with van der Waals surface area (Å²) in [6, 6.07) is 0.